The Morgan fingerprint density at radius 1 is 1.09 bits per heavy atom. The SMILES string of the molecule is CCc1ccc(CN(C)C(=O)CSc2nc3ccccc3c(=O)n2CCC(=O)OC)cc1. The maximum absolute atomic E-state index is 13.0. The number of ether oxygens (including phenoxy) is 1. The van der Waals surface area contributed by atoms with Crippen molar-refractivity contribution < 1.29 is 14.3 Å². The molecule has 0 saturated heterocycles. The van der Waals surface area contributed by atoms with Gasteiger partial charge in [0.1, 0.15) is 0 Å². The van der Waals surface area contributed by atoms with Crippen molar-refractivity contribution in [3.63, 3.8) is 0 Å². The minimum absolute atomic E-state index is 0.0472. The lowest BCUT2D eigenvalue weighted by Gasteiger charge is -2.18. The Balaban J connectivity index is 1.75. The summed E-state index contributed by atoms with van der Waals surface area (Å²) in [5.41, 5.74) is 2.64. The predicted octanol–water partition coefficient (Wildman–Crippen LogP) is 3.27. The highest BCUT2D eigenvalue weighted by Gasteiger charge is 2.16. The Morgan fingerprint density at radius 2 is 1.78 bits per heavy atom. The van der Waals surface area contributed by atoms with Crippen LogP contribution in [0.4, 0.5) is 0 Å². The number of benzene rings is 2. The maximum Gasteiger partial charge on any atom is 0.307 e. The van der Waals surface area contributed by atoms with Crippen LogP contribution in [0.2, 0.25) is 0 Å². The fourth-order valence-electron chi connectivity index (χ4n) is 3.24. The van der Waals surface area contributed by atoms with Gasteiger partial charge >= 0.3 is 5.97 Å². The molecule has 0 aliphatic rings. The average molecular weight is 454 g/mol. The van der Waals surface area contributed by atoms with Gasteiger partial charge in [0.05, 0.1) is 30.2 Å². The summed E-state index contributed by atoms with van der Waals surface area (Å²) in [6.45, 7) is 2.75. The molecule has 0 unspecified atom stereocenters. The van der Waals surface area contributed by atoms with Crippen molar-refractivity contribution in [2.75, 3.05) is 19.9 Å². The van der Waals surface area contributed by atoms with Crippen molar-refractivity contribution >= 4 is 34.5 Å². The van der Waals surface area contributed by atoms with E-state index in [1.54, 1.807) is 30.1 Å². The molecule has 32 heavy (non-hydrogen) atoms. The van der Waals surface area contributed by atoms with Crippen LogP contribution in [0.1, 0.15) is 24.5 Å². The van der Waals surface area contributed by atoms with Crippen molar-refractivity contribution in [1.29, 1.82) is 0 Å². The Kier molecular flexibility index (Phi) is 8.05. The number of carbonyl (C=O) groups is 2. The van der Waals surface area contributed by atoms with E-state index in [0.717, 1.165) is 12.0 Å². The molecule has 0 aliphatic carbocycles. The van der Waals surface area contributed by atoms with Crippen LogP contribution in [0.5, 0.6) is 0 Å². The molecular weight excluding hydrogens is 426 g/mol. The lowest BCUT2D eigenvalue weighted by atomic mass is 10.1. The van der Waals surface area contributed by atoms with Crippen LogP contribution in [0.15, 0.2) is 58.5 Å². The largest absolute Gasteiger partial charge is 0.469 e. The summed E-state index contributed by atoms with van der Waals surface area (Å²) >= 11 is 1.20. The molecule has 7 nitrogen and oxygen atoms in total. The zero-order valence-electron chi connectivity index (χ0n) is 18.5. The van der Waals surface area contributed by atoms with E-state index in [0.29, 0.717) is 22.6 Å². The third-order valence-corrected chi connectivity index (χ3v) is 6.16. The van der Waals surface area contributed by atoms with E-state index in [2.05, 4.69) is 24.0 Å². The van der Waals surface area contributed by atoms with Crippen molar-refractivity contribution in [2.45, 2.75) is 38.0 Å². The molecule has 3 rings (SSSR count). The first-order valence-corrected chi connectivity index (χ1v) is 11.4. The summed E-state index contributed by atoms with van der Waals surface area (Å²) in [5, 5.41) is 0.882. The van der Waals surface area contributed by atoms with Gasteiger partial charge in [0, 0.05) is 20.1 Å². The minimum atomic E-state index is -0.411. The highest BCUT2D eigenvalue weighted by Crippen LogP contribution is 2.19. The molecular formula is C24H27N3O4S. The number of aromatic nitrogens is 2. The van der Waals surface area contributed by atoms with E-state index < -0.39 is 5.97 Å². The highest BCUT2D eigenvalue weighted by atomic mass is 32.2. The number of hydrogen-bond acceptors (Lipinski definition) is 6. The average Bonchev–Trinajstić information content (AvgIpc) is 2.82. The molecule has 0 saturated carbocycles. The molecule has 0 N–H and O–H groups in total. The number of amides is 1. The standard InChI is InChI=1S/C24H27N3O4S/c1-4-17-9-11-18(12-10-17)15-26(2)21(28)16-32-24-25-20-8-6-5-7-19(20)23(30)27(24)14-13-22(29)31-3/h5-12H,4,13-16H2,1-3H3. The maximum atomic E-state index is 13.0. The summed E-state index contributed by atoms with van der Waals surface area (Å²) in [6, 6.07) is 15.3. The second kappa shape index (κ2) is 10.9. The zero-order chi connectivity index (χ0) is 23.1. The van der Waals surface area contributed by atoms with Gasteiger partial charge in [0.25, 0.3) is 5.56 Å². The lowest BCUT2D eigenvalue weighted by Crippen LogP contribution is -2.29. The molecule has 2 aromatic carbocycles. The van der Waals surface area contributed by atoms with E-state index in [1.807, 2.05) is 18.2 Å². The van der Waals surface area contributed by atoms with Gasteiger partial charge in [0.2, 0.25) is 5.91 Å². The number of hydrogen-bond donors (Lipinski definition) is 0. The van der Waals surface area contributed by atoms with Gasteiger partial charge in [-0.1, -0.05) is 55.1 Å². The van der Waals surface area contributed by atoms with Gasteiger partial charge < -0.3 is 9.64 Å². The van der Waals surface area contributed by atoms with Gasteiger partial charge in [-0.3, -0.25) is 19.0 Å². The fraction of sp³-hybridized carbons (Fsp3) is 0.333. The first-order valence-electron chi connectivity index (χ1n) is 10.4. The highest BCUT2D eigenvalue weighted by molar-refractivity contribution is 7.99. The summed E-state index contributed by atoms with van der Waals surface area (Å²) in [6.07, 6.45) is 1.02. The van der Waals surface area contributed by atoms with Crippen LogP contribution in [0.25, 0.3) is 10.9 Å². The van der Waals surface area contributed by atoms with Crippen molar-refractivity contribution in [3.8, 4) is 0 Å². The quantitative estimate of drug-likeness (QED) is 0.281. The number of aryl methyl sites for hydroxylation is 1. The van der Waals surface area contributed by atoms with Gasteiger partial charge in [-0.15, -0.1) is 0 Å². The topological polar surface area (TPSA) is 81.5 Å². The molecule has 0 fully saturated rings. The normalized spacial score (nSPS) is 10.8. The number of methoxy groups -OCH3 is 1. The van der Waals surface area contributed by atoms with Gasteiger partial charge in [0.15, 0.2) is 5.16 Å². The summed E-state index contributed by atoms with van der Waals surface area (Å²) in [4.78, 5) is 43.6. The lowest BCUT2D eigenvalue weighted by molar-refractivity contribution is -0.140. The van der Waals surface area contributed by atoms with Gasteiger partial charge in [-0.05, 0) is 29.7 Å². The van der Waals surface area contributed by atoms with Crippen LogP contribution in [0, 0.1) is 0 Å². The predicted molar refractivity (Wildman–Crippen MR) is 126 cm³/mol. The van der Waals surface area contributed by atoms with Crippen LogP contribution in [0.3, 0.4) is 0 Å². The summed E-state index contributed by atoms with van der Waals surface area (Å²) in [5.74, 6) is -0.352. The Bertz CT molecular complexity index is 1160. The number of rotatable bonds is 9. The third kappa shape index (κ3) is 5.76. The zero-order valence-corrected chi connectivity index (χ0v) is 19.4. The van der Waals surface area contributed by atoms with Crippen molar-refractivity contribution in [3.05, 3.63) is 70.0 Å². The van der Waals surface area contributed by atoms with Crippen LogP contribution < -0.4 is 5.56 Å². The monoisotopic (exact) mass is 453 g/mol. The first-order chi connectivity index (χ1) is 15.4. The van der Waals surface area contributed by atoms with E-state index >= 15 is 0 Å². The number of para-hydroxylation sites is 1. The molecule has 0 spiro atoms. The molecule has 1 amide bonds. The number of nitrogens with zero attached hydrogens (tertiary/aromatic N) is 3. The second-order valence-corrected chi connectivity index (χ2v) is 8.35. The number of carbonyl (C=O) groups excluding carboxylic acids is 2. The first kappa shape index (κ1) is 23.5. The van der Waals surface area contributed by atoms with Crippen molar-refractivity contribution in [1.82, 2.24) is 14.5 Å². The Hall–Kier alpha value is -3.13. The molecule has 168 valence electrons. The minimum Gasteiger partial charge on any atom is -0.469 e. The molecule has 8 heteroatoms. The van der Waals surface area contributed by atoms with E-state index in [1.165, 1.54) is 29.0 Å². The molecule has 1 aromatic heterocycles. The van der Waals surface area contributed by atoms with E-state index in [9.17, 15) is 14.4 Å². The van der Waals surface area contributed by atoms with Gasteiger partial charge in [-0.25, -0.2) is 4.98 Å². The number of fused-ring (bicyclic) bond motifs is 1. The molecule has 3 aromatic rings. The smallest absolute Gasteiger partial charge is 0.307 e. The second-order valence-electron chi connectivity index (χ2n) is 7.40. The number of esters is 1. The fourth-order valence-corrected chi connectivity index (χ4v) is 4.20. The van der Waals surface area contributed by atoms with E-state index in [-0.39, 0.29) is 30.2 Å². The van der Waals surface area contributed by atoms with Crippen LogP contribution >= 0.6 is 11.8 Å². The van der Waals surface area contributed by atoms with Gasteiger partial charge in [-0.2, -0.15) is 0 Å². The molecule has 1 heterocycles. The van der Waals surface area contributed by atoms with Crippen LogP contribution in [-0.4, -0.2) is 46.2 Å². The summed E-state index contributed by atoms with van der Waals surface area (Å²) in [7, 11) is 3.07. The van der Waals surface area contributed by atoms with Crippen molar-refractivity contribution in [2.24, 2.45) is 0 Å². The number of thioether (sulfide) groups is 1. The van der Waals surface area contributed by atoms with Crippen LogP contribution in [-0.2, 0) is 33.8 Å². The summed E-state index contributed by atoms with van der Waals surface area (Å²) < 4.78 is 6.14. The third-order valence-electron chi connectivity index (χ3n) is 5.20. The Morgan fingerprint density at radius 3 is 2.47 bits per heavy atom. The molecule has 0 aliphatic heterocycles. The molecule has 0 bridgehead atoms. The van der Waals surface area contributed by atoms with E-state index in [4.69, 9.17) is 4.74 Å². The molecule has 0 atom stereocenters. The Labute approximate surface area is 191 Å². The molecule has 0 radical (unpaired) electrons.